The molecule has 202 valence electrons. The number of nitrogens with two attached hydrogens (primary N) is 1. The first kappa shape index (κ1) is 26.6. The molecule has 0 spiro atoms. The molecular formula is C26H24ClFN6O4S. The van der Waals surface area contributed by atoms with E-state index in [2.05, 4.69) is 9.94 Å². The molecule has 2 aromatic carbocycles. The Hall–Kier alpha value is -3.95. The van der Waals surface area contributed by atoms with Crippen molar-refractivity contribution >= 4 is 44.6 Å². The van der Waals surface area contributed by atoms with Crippen LogP contribution in [0, 0.1) is 12.4 Å². The van der Waals surface area contributed by atoms with E-state index in [-0.39, 0.29) is 59.7 Å². The molecule has 3 heterocycles. The number of sulfone groups is 1. The average Bonchev–Trinajstić information content (AvgIpc) is 3.29. The van der Waals surface area contributed by atoms with Crippen molar-refractivity contribution in [3.05, 3.63) is 75.5 Å². The van der Waals surface area contributed by atoms with Gasteiger partial charge in [0, 0.05) is 30.9 Å². The quantitative estimate of drug-likeness (QED) is 0.471. The summed E-state index contributed by atoms with van der Waals surface area (Å²) in [6, 6.07) is 9.16. The molecule has 0 atom stereocenters. The molecule has 0 radical (unpaired) electrons. The van der Waals surface area contributed by atoms with Gasteiger partial charge in [-0.15, -0.1) is 0 Å². The van der Waals surface area contributed by atoms with Crippen LogP contribution in [0.5, 0.6) is 0 Å². The van der Waals surface area contributed by atoms with Gasteiger partial charge in [0.25, 0.3) is 5.91 Å². The molecular weight excluding hydrogens is 547 g/mol. The van der Waals surface area contributed by atoms with Crippen LogP contribution in [0.15, 0.2) is 36.4 Å². The normalized spacial score (nSPS) is 16.4. The Balaban J connectivity index is 1.37. The first-order valence-corrected chi connectivity index (χ1v) is 14.3. The second-order valence-corrected chi connectivity index (χ2v) is 12.2. The lowest BCUT2D eigenvalue weighted by molar-refractivity contribution is -0.132. The molecule has 0 unspecified atom stereocenters. The summed E-state index contributed by atoms with van der Waals surface area (Å²) in [5, 5.41) is 4.39. The maximum Gasteiger partial charge on any atom is 0.252 e. The number of hydrogen-bond donors (Lipinski definition) is 1. The average molecular weight is 571 g/mol. The van der Waals surface area contributed by atoms with Crippen LogP contribution in [-0.4, -0.2) is 66.1 Å². The largest absolute Gasteiger partial charge is 0.378 e. The molecule has 39 heavy (non-hydrogen) atoms. The predicted octanol–water partition coefficient (Wildman–Crippen LogP) is 2.81. The molecule has 2 N–H and O–H groups in total. The van der Waals surface area contributed by atoms with Crippen LogP contribution in [0.4, 0.5) is 15.8 Å². The summed E-state index contributed by atoms with van der Waals surface area (Å²) >= 11 is 5.93. The standard InChI is InChI=1S/C26H24ClFN6O4S/c1-30-20-5-2-16(12-21(20)32-8-10-39(37,38)11-9-32)13-23(35)33-6-7-34-22(15-33)24(26(29)36)25(31-34)17-3-4-19(28)18(27)14-17/h2-5,12,14H,6-11,13,15H2,(H2,29,36). The number of aromatic nitrogens is 2. The third-order valence-corrected chi connectivity index (χ3v) is 8.87. The second-order valence-electron chi connectivity index (χ2n) is 9.45. The van der Waals surface area contributed by atoms with Gasteiger partial charge in [0.05, 0.1) is 53.9 Å². The fraction of sp³-hybridized carbons (Fsp3) is 0.308. The molecule has 2 aliphatic heterocycles. The molecule has 1 fully saturated rings. The van der Waals surface area contributed by atoms with Crippen LogP contribution in [0.3, 0.4) is 0 Å². The van der Waals surface area contributed by atoms with Gasteiger partial charge in [0.15, 0.2) is 9.84 Å². The maximum atomic E-state index is 13.7. The molecule has 3 aromatic rings. The van der Waals surface area contributed by atoms with Crippen molar-refractivity contribution in [2.75, 3.05) is 36.0 Å². The number of anilines is 1. The number of hydrogen-bond acceptors (Lipinski definition) is 6. The van der Waals surface area contributed by atoms with Crippen LogP contribution >= 0.6 is 11.6 Å². The lowest BCUT2D eigenvalue weighted by atomic mass is 10.0. The summed E-state index contributed by atoms with van der Waals surface area (Å²) in [5.41, 5.74) is 8.74. The fourth-order valence-electron chi connectivity index (χ4n) is 4.90. The Morgan fingerprint density at radius 2 is 1.85 bits per heavy atom. The highest BCUT2D eigenvalue weighted by Crippen LogP contribution is 2.33. The summed E-state index contributed by atoms with van der Waals surface area (Å²) in [6.07, 6.45) is 0.0535. The molecule has 0 bridgehead atoms. The third kappa shape index (κ3) is 5.32. The molecule has 1 saturated heterocycles. The van der Waals surface area contributed by atoms with E-state index < -0.39 is 21.6 Å². The van der Waals surface area contributed by atoms with Gasteiger partial charge in [0.2, 0.25) is 11.6 Å². The van der Waals surface area contributed by atoms with Crippen LogP contribution in [0.25, 0.3) is 16.1 Å². The molecule has 2 amide bonds. The first-order valence-electron chi connectivity index (χ1n) is 12.1. The lowest BCUT2D eigenvalue weighted by Gasteiger charge is -2.30. The molecule has 13 heteroatoms. The molecule has 1 aromatic heterocycles. The highest BCUT2D eigenvalue weighted by molar-refractivity contribution is 7.91. The Morgan fingerprint density at radius 1 is 1.10 bits per heavy atom. The number of carbonyl (C=O) groups excluding carboxylic acids is 2. The van der Waals surface area contributed by atoms with Crippen molar-refractivity contribution in [1.82, 2.24) is 14.7 Å². The molecule has 10 nitrogen and oxygen atoms in total. The zero-order valence-electron chi connectivity index (χ0n) is 20.7. The van der Waals surface area contributed by atoms with Gasteiger partial charge in [-0.25, -0.2) is 17.7 Å². The van der Waals surface area contributed by atoms with E-state index in [1.165, 1.54) is 18.2 Å². The molecule has 5 rings (SSSR count). The number of fused-ring (bicyclic) bond motifs is 1. The van der Waals surface area contributed by atoms with Gasteiger partial charge < -0.3 is 15.5 Å². The number of amides is 2. The van der Waals surface area contributed by atoms with Crippen molar-refractivity contribution in [3.63, 3.8) is 0 Å². The van der Waals surface area contributed by atoms with E-state index in [1.54, 1.807) is 27.8 Å². The molecule has 0 aliphatic carbocycles. The zero-order chi connectivity index (χ0) is 27.9. The number of nitrogens with zero attached hydrogens (tertiary/aromatic N) is 5. The van der Waals surface area contributed by atoms with Crippen molar-refractivity contribution in [1.29, 1.82) is 0 Å². The second kappa shape index (κ2) is 10.3. The molecule has 2 aliphatic rings. The fourth-order valence-corrected chi connectivity index (χ4v) is 6.28. The van der Waals surface area contributed by atoms with E-state index in [4.69, 9.17) is 23.9 Å². The van der Waals surface area contributed by atoms with Crippen LogP contribution < -0.4 is 10.6 Å². The highest BCUT2D eigenvalue weighted by atomic mass is 35.5. The van der Waals surface area contributed by atoms with E-state index >= 15 is 0 Å². The first-order chi connectivity index (χ1) is 18.6. The van der Waals surface area contributed by atoms with Gasteiger partial charge in [-0.3, -0.25) is 14.3 Å². The summed E-state index contributed by atoms with van der Waals surface area (Å²) in [7, 11) is -3.08. The number of primary amides is 1. The topological polar surface area (TPSA) is 123 Å². The SMILES string of the molecule is [C-]#[N+]c1ccc(CC(=O)N2CCn3nc(-c4ccc(F)c(Cl)c4)c(C(N)=O)c3C2)cc1N1CCS(=O)(=O)CC1. The minimum atomic E-state index is -3.08. The van der Waals surface area contributed by atoms with Crippen LogP contribution in [0.1, 0.15) is 21.6 Å². The minimum absolute atomic E-state index is 0.0172. The highest BCUT2D eigenvalue weighted by Gasteiger charge is 2.30. The van der Waals surface area contributed by atoms with Gasteiger partial charge in [-0.2, -0.15) is 5.10 Å². The Kier molecular flexibility index (Phi) is 7.05. The zero-order valence-corrected chi connectivity index (χ0v) is 22.3. The smallest absolute Gasteiger partial charge is 0.252 e. The van der Waals surface area contributed by atoms with Crippen molar-refractivity contribution in [2.24, 2.45) is 5.73 Å². The van der Waals surface area contributed by atoms with Gasteiger partial charge >= 0.3 is 0 Å². The Bertz CT molecular complexity index is 1630. The Morgan fingerprint density at radius 3 is 2.51 bits per heavy atom. The van der Waals surface area contributed by atoms with E-state index in [0.29, 0.717) is 41.3 Å². The number of benzene rings is 2. The van der Waals surface area contributed by atoms with Crippen molar-refractivity contribution in [2.45, 2.75) is 19.5 Å². The predicted molar refractivity (Wildman–Crippen MR) is 144 cm³/mol. The number of carbonyl (C=O) groups is 2. The summed E-state index contributed by atoms with van der Waals surface area (Å²) < 4.78 is 39.0. The van der Waals surface area contributed by atoms with Crippen LogP contribution in [0.2, 0.25) is 5.02 Å². The van der Waals surface area contributed by atoms with Gasteiger partial charge in [0.1, 0.15) is 11.5 Å². The maximum absolute atomic E-state index is 13.7. The lowest BCUT2D eigenvalue weighted by Crippen LogP contribution is -2.40. The minimum Gasteiger partial charge on any atom is -0.378 e. The third-order valence-electron chi connectivity index (χ3n) is 6.97. The summed E-state index contributed by atoms with van der Waals surface area (Å²) in [5.74, 6) is -1.47. The van der Waals surface area contributed by atoms with Gasteiger partial charge in [-0.1, -0.05) is 23.7 Å². The van der Waals surface area contributed by atoms with Crippen molar-refractivity contribution in [3.8, 4) is 11.3 Å². The van der Waals surface area contributed by atoms with Crippen molar-refractivity contribution < 1.29 is 22.4 Å². The monoisotopic (exact) mass is 570 g/mol. The summed E-state index contributed by atoms with van der Waals surface area (Å²) in [4.78, 5) is 32.8. The van der Waals surface area contributed by atoms with Gasteiger partial charge in [-0.05, 0) is 29.8 Å². The number of rotatable bonds is 5. The number of halogens is 2. The summed E-state index contributed by atoms with van der Waals surface area (Å²) in [6.45, 7) is 8.87. The van der Waals surface area contributed by atoms with E-state index in [9.17, 15) is 22.4 Å². The molecule has 0 saturated carbocycles. The van der Waals surface area contributed by atoms with Crippen LogP contribution in [-0.2, 0) is 34.1 Å². The Labute approximate surface area is 229 Å². The van der Waals surface area contributed by atoms with E-state index in [1.807, 2.05) is 4.90 Å². The van der Waals surface area contributed by atoms with E-state index in [0.717, 1.165) is 0 Å².